The van der Waals surface area contributed by atoms with E-state index >= 15 is 0 Å². The van der Waals surface area contributed by atoms with Gasteiger partial charge in [0.15, 0.2) is 0 Å². The Balaban J connectivity index is 0.00000243. The van der Waals surface area contributed by atoms with Crippen molar-refractivity contribution < 1.29 is 13.2 Å². The summed E-state index contributed by atoms with van der Waals surface area (Å²) < 4.78 is 27.2. The van der Waals surface area contributed by atoms with Crippen LogP contribution >= 0.6 is 12.4 Å². The fourth-order valence-electron chi connectivity index (χ4n) is 3.33. The summed E-state index contributed by atoms with van der Waals surface area (Å²) in [6.45, 7) is 2.63. The number of sulfonamides is 1. The van der Waals surface area contributed by atoms with E-state index in [-0.39, 0.29) is 23.2 Å². The first-order valence-corrected chi connectivity index (χ1v) is 10.3. The molecule has 2 N–H and O–H groups in total. The van der Waals surface area contributed by atoms with Crippen molar-refractivity contribution in [3.05, 3.63) is 42.0 Å². The Kier molecular flexibility index (Phi) is 7.64. The molecule has 1 fully saturated rings. The minimum absolute atomic E-state index is 0. The molecule has 0 aliphatic carbocycles. The number of piperidine rings is 1. The van der Waals surface area contributed by atoms with Gasteiger partial charge in [-0.2, -0.15) is 4.31 Å². The van der Waals surface area contributed by atoms with Crippen LogP contribution in [-0.4, -0.2) is 50.9 Å². The van der Waals surface area contributed by atoms with Crippen LogP contribution < -0.4 is 10.6 Å². The normalized spacial score (nSPS) is 21.4. The van der Waals surface area contributed by atoms with Crippen LogP contribution in [0.2, 0.25) is 0 Å². The fourth-order valence-corrected chi connectivity index (χ4v) is 5.01. The van der Waals surface area contributed by atoms with Gasteiger partial charge in [-0.25, -0.2) is 8.42 Å². The number of benzene rings is 1. The van der Waals surface area contributed by atoms with Crippen LogP contribution in [0.1, 0.15) is 25.7 Å². The van der Waals surface area contributed by atoms with Crippen LogP contribution in [0.15, 0.2) is 46.9 Å². The Bertz CT molecular complexity index is 737. The summed E-state index contributed by atoms with van der Waals surface area (Å²) in [7, 11) is -3.65. The average Bonchev–Trinajstić information content (AvgIpc) is 2.67. The summed E-state index contributed by atoms with van der Waals surface area (Å²) >= 11 is 0. The Morgan fingerprint density at radius 2 is 2.00 bits per heavy atom. The van der Waals surface area contributed by atoms with E-state index in [0.29, 0.717) is 19.5 Å². The van der Waals surface area contributed by atoms with Crippen LogP contribution in [0.5, 0.6) is 0 Å². The third-order valence-electron chi connectivity index (χ3n) is 4.75. The van der Waals surface area contributed by atoms with Crippen molar-refractivity contribution in [2.45, 2.75) is 36.6 Å². The minimum atomic E-state index is -3.65. The molecule has 2 aliphatic rings. The summed E-state index contributed by atoms with van der Waals surface area (Å²) in [6.07, 6.45) is 5.22. The van der Waals surface area contributed by atoms with Gasteiger partial charge in [0.1, 0.15) is 6.04 Å². The highest BCUT2D eigenvalue weighted by atomic mass is 35.5. The second kappa shape index (κ2) is 9.50. The second-order valence-electron chi connectivity index (χ2n) is 6.47. The molecule has 1 aromatic rings. The number of hydrogen-bond acceptors (Lipinski definition) is 4. The maximum Gasteiger partial charge on any atom is 0.243 e. The molecule has 0 bridgehead atoms. The predicted molar refractivity (Wildman–Crippen MR) is 104 cm³/mol. The Labute approximate surface area is 161 Å². The fraction of sp³-hybridized carbons (Fsp3) is 0.500. The number of carbonyl (C=O) groups is 1. The highest BCUT2D eigenvalue weighted by Crippen LogP contribution is 2.25. The zero-order chi connectivity index (χ0) is 17.7. The van der Waals surface area contributed by atoms with Gasteiger partial charge in [0.2, 0.25) is 15.9 Å². The van der Waals surface area contributed by atoms with Crippen molar-refractivity contribution in [2.24, 2.45) is 0 Å². The maximum absolute atomic E-state index is 12.9. The number of halogens is 1. The van der Waals surface area contributed by atoms with Gasteiger partial charge in [-0.05, 0) is 37.9 Å². The average molecular weight is 400 g/mol. The lowest BCUT2D eigenvalue weighted by atomic mass is 10.0. The highest BCUT2D eigenvalue weighted by molar-refractivity contribution is 7.89. The van der Waals surface area contributed by atoms with Gasteiger partial charge >= 0.3 is 0 Å². The Morgan fingerprint density at radius 1 is 1.23 bits per heavy atom. The molecule has 1 atom stereocenters. The summed E-state index contributed by atoms with van der Waals surface area (Å²) in [5.41, 5.74) is 1.19. The van der Waals surface area contributed by atoms with Gasteiger partial charge in [0.25, 0.3) is 0 Å². The second-order valence-corrected chi connectivity index (χ2v) is 8.37. The summed E-state index contributed by atoms with van der Waals surface area (Å²) in [6, 6.07) is 7.73. The number of hydrogen-bond donors (Lipinski definition) is 2. The number of nitrogens with one attached hydrogen (secondary N) is 2. The third kappa shape index (κ3) is 4.85. The predicted octanol–water partition coefficient (Wildman–Crippen LogP) is 1.69. The monoisotopic (exact) mass is 399 g/mol. The van der Waals surface area contributed by atoms with Crippen LogP contribution in [0.4, 0.5) is 0 Å². The molecule has 144 valence electrons. The number of amides is 1. The van der Waals surface area contributed by atoms with E-state index in [1.807, 2.05) is 0 Å². The Morgan fingerprint density at radius 3 is 2.69 bits per heavy atom. The Hall–Kier alpha value is -1.41. The molecule has 0 spiro atoms. The molecule has 3 rings (SSSR count). The lowest BCUT2D eigenvalue weighted by molar-refractivity contribution is -0.125. The van der Waals surface area contributed by atoms with Gasteiger partial charge in [0.05, 0.1) is 4.90 Å². The van der Waals surface area contributed by atoms with E-state index in [1.54, 1.807) is 30.3 Å². The van der Waals surface area contributed by atoms with Crippen molar-refractivity contribution in [3.8, 4) is 0 Å². The molecule has 2 aliphatic heterocycles. The standard InChI is InChI=1S/C18H25N3O3S.ClH/c22-18(20-14-15-9-11-19-12-10-15)17-8-4-5-13-21(17)25(23,24)16-6-2-1-3-7-16;/h1-3,6-7,9,17,19H,4-5,8,10-14H2,(H,20,22);1H. The molecule has 8 heteroatoms. The van der Waals surface area contributed by atoms with Crippen molar-refractivity contribution >= 4 is 28.3 Å². The van der Waals surface area contributed by atoms with Crippen LogP contribution in [0.3, 0.4) is 0 Å². The molecule has 6 nitrogen and oxygen atoms in total. The number of nitrogens with zero attached hydrogens (tertiary/aromatic N) is 1. The van der Waals surface area contributed by atoms with Gasteiger partial charge in [-0.1, -0.05) is 36.3 Å². The first-order valence-electron chi connectivity index (χ1n) is 8.82. The van der Waals surface area contributed by atoms with Gasteiger partial charge in [-0.15, -0.1) is 12.4 Å². The van der Waals surface area contributed by atoms with Crippen molar-refractivity contribution in [1.82, 2.24) is 14.9 Å². The molecule has 0 aromatic heterocycles. The zero-order valence-corrected chi connectivity index (χ0v) is 16.3. The largest absolute Gasteiger partial charge is 0.351 e. The van der Waals surface area contributed by atoms with Crippen LogP contribution in [0, 0.1) is 0 Å². The molecule has 0 radical (unpaired) electrons. The lowest BCUT2D eigenvalue weighted by Gasteiger charge is -2.33. The molecular formula is C18H26ClN3O3S. The maximum atomic E-state index is 12.9. The van der Waals surface area contributed by atoms with Gasteiger partial charge < -0.3 is 10.6 Å². The van der Waals surface area contributed by atoms with Crippen LogP contribution in [0.25, 0.3) is 0 Å². The molecule has 26 heavy (non-hydrogen) atoms. The van der Waals surface area contributed by atoms with Gasteiger partial charge in [0, 0.05) is 19.6 Å². The molecule has 1 unspecified atom stereocenters. The number of carbonyl (C=O) groups excluding carboxylic acids is 1. The summed E-state index contributed by atoms with van der Waals surface area (Å²) in [5, 5.41) is 6.17. The van der Waals surface area contributed by atoms with E-state index in [4.69, 9.17) is 0 Å². The van der Waals surface area contributed by atoms with E-state index < -0.39 is 16.1 Å². The third-order valence-corrected chi connectivity index (χ3v) is 6.68. The van der Waals surface area contributed by atoms with E-state index in [0.717, 1.165) is 32.4 Å². The first-order chi connectivity index (χ1) is 12.1. The van der Waals surface area contributed by atoms with Crippen molar-refractivity contribution in [1.29, 1.82) is 0 Å². The van der Waals surface area contributed by atoms with Crippen LogP contribution in [-0.2, 0) is 14.8 Å². The minimum Gasteiger partial charge on any atom is -0.351 e. The molecular weight excluding hydrogens is 374 g/mol. The topological polar surface area (TPSA) is 78.5 Å². The van der Waals surface area contributed by atoms with E-state index in [9.17, 15) is 13.2 Å². The molecule has 1 saturated heterocycles. The molecule has 1 aromatic carbocycles. The lowest BCUT2D eigenvalue weighted by Crippen LogP contribution is -2.52. The molecule has 0 saturated carbocycles. The van der Waals surface area contributed by atoms with Gasteiger partial charge in [-0.3, -0.25) is 4.79 Å². The van der Waals surface area contributed by atoms with E-state index in [1.165, 1.54) is 9.88 Å². The quantitative estimate of drug-likeness (QED) is 0.738. The highest BCUT2D eigenvalue weighted by Gasteiger charge is 2.37. The number of rotatable bonds is 5. The smallest absolute Gasteiger partial charge is 0.243 e. The SMILES string of the molecule is Cl.O=C(NCC1=CCNCC1)C1CCCCN1S(=O)(=O)c1ccccc1. The molecule has 2 heterocycles. The van der Waals surface area contributed by atoms with Crippen molar-refractivity contribution in [2.75, 3.05) is 26.2 Å². The summed E-state index contributed by atoms with van der Waals surface area (Å²) in [4.78, 5) is 12.9. The zero-order valence-electron chi connectivity index (χ0n) is 14.7. The van der Waals surface area contributed by atoms with Crippen molar-refractivity contribution in [3.63, 3.8) is 0 Å². The first kappa shape index (κ1) is 20.9. The summed E-state index contributed by atoms with van der Waals surface area (Å²) in [5.74, 6) is -0.196. The van der Waals surface area contributed by atoms with E-state index in [2.05, 4.69) is 16.7 Å². The molecule has 1 amide bonds.